The number of nitrogens with zero attached hydrogens (tertiary/aromatic N) is 3. The molecule has 1 N–H and O–H groups in total. The summed E-state index contributed by atoms with van der Waals surface area (Å²) in [5, 5.41) is 15.0. The van der Waals surface area contributed by atoms with E-state index in [4.69, 9.17) is 43.4 Å². The van der Waals surface area contributed by atoms with Crippen molar-refractivity contribution in [2.75, 3.05) is 26.4 Å². The molecule has 6 rings (SSSR count). The van der Waals surface area contributed by atoms with Crippen molar-refractivity contribution in [3.8, 4) is 0 Å². The van der Waals surface area contributed by atoms with Crippen molar-refractivity contribution in [1.82, 2.24) is 0 Å². The molecule has 0 radical (unpaired) electrons. The molecule has 7 unspecified atom stereocenters. The molecule has 0 saturated carbocycles. The van der Waals surface area contributed by atoms with Gasteiger partial charge in [-0.2, -0.15) is 0 Å². The molecule has 0 aromatic heterocycles. The van der Waals surface area contributed by atoms with Gasteiger partial charge in [-0.1, -0.05) is 86.0 Å². The van der Waals surface area contributed by atoms with Crippen LogP contribution in [0.25, 0.3) is 10.4 Å². The molecule has 4 aliphatic heterocycles. The van der Waals surface area contributed by atoms with Crippen LogP contribution in [0, 0.1) is 11.8 Å². The smallest absolute Gasteiger partial charge is 0.184 e. The van der Waals surface area contributed by atoms with Crippen molar-refractivity contribution in [1.29, 1.82) is 0 Å². The molecule has 0 amide bonds. The number of hydrogen-bond acceptors (Lipinski definition) is 10. The first kappa shape index (κ1) is 32.3. The quantitative estimate of drug-likeness (QED) is 0.155. The van der Waals surface area contributed by atoms with Crippen LogP contribution in [0.1, 0.15) is 56.8 Å². The van der Waals surface area contributed by atoms with Gasteiger partial charge in [-0.3, -0.25) is 0 Å². The number of benzene rings is 2. The summed E-state index contributed by atoms with van der Waals surface area (Å²) in [7, 11) is 0. The molecule has 244 valence electrons. The number of fused-ring (bicyclic) bond motifs is 2. The fourth-order valence-electron chi connectivity index (χ4n) is 6.40. The predicted octanol–water partition coefficient (Wildman–Crippen LogP) is 5.18. The van der Waals surface area contributed by atoms with Crippen LogP contribution in [0.15, 0.2) is 65.8 Å². The van der Waals surface area contributed by atoms with E-state index in [-0.39, 0.29) is 12.5 Å². The number of hydrogen-bond donors (Lipinski definition) is 1. The number of unbranched alkanes of at least 4 members (excludes halogenated alkanes) is 2. The molecule has 4 aliphatic rings. The van der Waals surface area contributed by atoms with E-state index in [0.717, 1.165) is 30.4 Å². The maximum atomic E-state index is 11.4. The Balaban J connectivity index is 1.14. The van der Waals surface area contributed by atoms with Crippen LogP contribution in [0.2, 0.25) is 0 Å². The SMILES string of the molecule is CC1C(O[C@@H]2OC3COC(c4ccccc4)O[C@H]3C(O)[C@@H]2C)[C@@H]2OC(c3ccccc3)OCC2O[C@H]1OCCCCCN=[N+]=[N-]. The van der Waals surface area contributed by atoms with E-state index in [2.05, 4.69) is 10.0 Å². The molecule has 4 heterocycles. The first-order valence-electron chi connectivity index (χ1n) is 15.9. The number of azide groups is 1. The lowest BCUT2D eigenvalue weighted by atomic mass is 9.89. The topological polar surface area (TPSA) is 143 Å². The van der Waals surface area contributed by atoms with Gasteiger partial charge in [-0.25, -0.2) is 0 Å². The second kappa shape index (κ2) is 15.3. The third-order valence-electron chi connectivity index (χ3n) is 8.99. The summed E-state index contributed by atoms with van der Waals surface area (Å²) in [5.41, 5.74) is 10.3. The summed E-state index contributed by atoms with van der Waals surface area (Å²) in [6.07, 6.45) is -3.23. The van der Waals surface area contributed by atoms with Gasteiger partial charge in [0, 0.05) is 41.0 Å². The maximum absolute atomic E-state index is 11.4. The Morgan fingerprint density at radius 3 is 2.02 bits per heavy atom. The molecule has 4 fully saturated rings. The highest BCUT2D eigenvalue weighted by Crippen LogP contribution is 2.42. The molecule has 12 heteroatoms. The highest BCUT2D eigenvalue weighted by Gasteiger charge is 2.53. The molecular weight excluding hydrogens is 582 g/mol. The van der Waals surface area contributed by atoms with E-state index in [1.54, 1.807) is 0 Å². The van der Waals surface area contributed by atoms with Crippen molar-refractivity contribution in [2.45, 2.75) is 94.9 Å². The summed E-state index contributed by atoms with van der Waals surface area (Å²) in [6.45, 7) is 5.45. The van der Waals surface area contributed by atoms with Crippen molar-refractivity contribution < 1.29 is 43.0 Å². The first-order valence-corrected chi connectivity index (χ1v) is 15.9. The fourth-order valence-corrected chi connectivity index (χ4v) is 6.40. The molecule has 12 atom stereocenters. The summed E-state index contributed by atoms with van der Waals surface area (Å²) in [5.74, 6) is -0.620. The van der Waals surface area contributed by atoms with Gasteiger partial charge >= 0.3 is 0 Å². The van der Waals surface area contributed by atoms with Gasteiger partial charge in [-0.15, -0.1) is 0 Å². The van der Waals surface area contributed by atoms with Crippen molar-refractivity contribution in [3.05, 3.63) is 82.2 Å². The van der Waals surface area contributed by atoms with Gasteiger partial charge < -0.3 is 43.0 Å². The van der Waals surface area contributed by atoms with E-state index >= 15 is 0 Å². The van der Waals surface area contributed by atoms with Gasteiger partial charge in [0.25, 0.3) is 0 Å². The molecule has 45 heavy (non-hydrogen) atoms. The molecular formula is C33H43N3O9. The molecule has 4 saturated heterocycles. The number of rotatable bonds is 11. The highest BCUT2D eigenvalue weighted by atomic mass is 16.8. The molecule has 0 bridgehead atoms. The zero-order chi connectivity index (χ0) is 31.2. The van der Waals surface area contributed by atoms with E-state index in [1.807, 2.05) is 74.5 Å². The van der Waals surface area contributed by atoms with Gasteiger partial charge in [0.15, 0.2) is 25.2 Å². The predicted molar refractivity (Wildman–Crippen MR) is 160 cm³/mol. The van der Waals surface area contributed by atoms with E-state index in [9.17, 15) is 5.11 Å². The third-order valence-corrected chi connectivity index (χ3v) is 8.99. The third kappa shape index (κ3) is 7.52. The number of ether oxygens (including phenoxy) is 8. The minimum absolute atomic E-state index is 0.226. The van der Waals surface area contributed by atoms with Crippen LogP contribution in [-0.2, 0) is 37.9 Å². The molecule has 2 aromatic carbocycles. The summed E-state index contributed by atoms with van der Waals surface area (Å²) >= 11 is 0. The standard InChI is InChI=1S/C33H43N3O9/c1-20-26(37)28-24(18-39-32(44-28)22-12-6-3-7-13-22)42-31(20)43-27-21(2)30(38-17-11-5-10-16-35-36-34)41-25-19-40-33(45-29(25)27)23-14-8-4-9-15-23/h3-4,6-9,12-15,20-21,24-33,37H,5,10-11,16-19H2,1-2H3/t20-,21?,24?,25?,26?,27?,28+,29+,30+,31-,32?,33?/m0/s1. The minimum Gasteiger partial charge on any atom is -0.390 e. The lowest BCUT2D eigenvalue weighted by Crippen LogP contribution is -2.63. The van der Waals surface area contributed by atoms with E-state index in [0.29, 0.717) is 19.8 Å². The Bertz CT molecular complexity index is 1250. The molecule has 0 aliphatic carbocycles. The summed E-state index contributed by atoms with van der Waals surface area (Å²) in [6, 6.07) is 19.5. The van der Waals surface area contributed by atoms with Crippen molar-refractivity contribution in [3.63, 3.8) is 0 Å². The first-order chi connectivity index (χ1) is 22.0. The summed E-state index contributed by atoms with van der Waals surface area (Å²) in [4.78, 5) is 2.80. The Hall–Kier alpha value is -2.61. The van der Waals surface area contributed by atoms with Gasteiger partial charge in [-0.05, 0) is 18.4 Å². The number of aliphatic hydroxyl groups is 1. The largest absolute Gasteiger partial charge is 0.390 e. The fraction of sp³-hybridized carbons (Fsp3) is 0.636. The van der Waals surface area contributed by atoms with Gasteiger partial charge in [0.1, 0.15) is 24.4 Å². The van der Waals surface area contributed by atoms with Crippen LogP contribution < -0.4 is 0 Å². The molecule has 12 nitrogen and oxygen atoms in total. The van der Waals surface area contributed by atoms with Gasteiger partial charge in [0.2, 0.25) is 0 Å². The zero-order valence-corrected chi connectivity index (χ0v) is 25.7. The highest BCUT2D eigenvalue weighted by molar-refractivity contribution is 5.17. The Morgan fingerprint density at radius 2 is 1.38 bits per heavy atom. The average Bonchev–Trinajstić information content (AvgIpc) is 3.08. The van der Waals surface area contributed by atoms with E-state index < -0.39 is 67.7 Å². The maximum Gasteiger partial charge on any atom is 0.184 e. The second-order valence-electron chi connectivity index (χ2n) is 12.1. The minimum atomic E-state index is -0.833. The second-order valence-corrected chi connectivity index (χ2v) is 12.1. The molecule has 2 aromatic rings. The van der Waals surface area contributed by atoms with Crippen LogP contribution in [0.3, 0.4) is 0 Å². The monoisotopic (exact) mass is 625 g/mol. The van der Waals surface area contributed by atoms with Crippen LogP contribution in [0.4, 0.5) is 0 Å². The Kier molecular flexibility index (Phi) is 11.0. The van der Waals surface area contributed by atoms with Crippen molar-refractivity contribution in [2.24, 2.45) is 17.0 Å². The van der Waals surface area contributed by atoms with E-state index in [1.165, 1.54) is 0 Å². The lowest BCUT2D eigenvalue weighted by Gasteiger charge is -2.51. The zero-order valence-electron chi connectivity index (χ0n) is 25.7. The van der Waals surface area contributed by atoms with Crippen LogP contribution >= 0.6 is 0 Å². The Labute approximate surface area is 263 Å². The normalized spacial score (nSPS) is 38.0. The van der Waals surface area contributed by atoms with Crippen LogP contribution in [0.5, 0.6) is 0 Å². The van der Waals surface area contributed by atoms with Crippen LogP contribution in [-0.4, -0.2) is 80.7 Å². The van der Waals surface area contributed by atoms with Gasteiger partial charge in [0.05, 0.1) is 25.4 Å². The average molecular weight is 626 g/mol. The van der Waals surface area contributed by atoms with Crippen molar-refractivity contribution >= 4 is 0 Å². The summed E-state index contributed by atoms with van der Waals surface area (Å²) < 4.78 is 50.7. The number of aliphatic hydroxyl groups excluding tert-OH is 1. The molecule has 0 spiro atoms. The lowest BCUT2D eigenvalue weighted by molar-refractivity contribution is -0.394. The Morgan fingerprint density at radius 1 is 0.778 bits per heavy atom.